The summed E-state index contributed by atoms with van der Waals surface area (Å²) in [6.45, 7) is 5.60. The first-order valence-corrected chi connectivity index (χ1v) is 9.90. The van der Waals surface area contributed by atoms with Crippen LogP contribution >= 0.6 is 24.0 Å². The highest BCUT2D eigenvalue weighted by molar-refractivity contribution is 14.0. The van der Waals surface area contributed by atoms with E-state index >= 15 is 0 Å². The van der Waals surface area contributed by atoms with Gasteiger partial charge in [0.1, 0.15) is 0 Å². The van der Waals surface area contributed by atoms with Crippen molar-refractivity contribution in [3.63, 3.8) is 0 Å². The second kappa shape index (κ2) is 12.8. The number of nitrogens with zero attached hydrogens (tertiary/aromatic N) is 2. The van der Waals surface area contributed by atoms with Gasteiger partial charge in [-0.3, -0.25) is 4.99 Å². The Bertz CT molecular complexity index is 743. The van der Waals surface area contributed by atoms with Gasteiger partial charge in [0.25, 0.3) is 0 Å². The van der Waals surface area contributed by atoms with Gasteiger partial charge in [0, 0.05) is 32.4 Å². The number of halogens is 1. The van der Waals surface area contributed by atoms with Crippen LogP contribution in [0, 0.1) is 6.92 Å². The van der Waals surface area contributed by atoms with E-state index in [1.54, 1.807) is 13.2 Å². The van der Waals surface area contributed by atoms with Gasteiger partial charge in [0.2, 0.25) is 5.89 Å². The van der Waals surface area contributed by atoms with Crippen LogP contribution in [0.3, 0.4) is 0 Å². The van der Waals surface area contributed by atoms with Crippen molar-refractivity contribution >= 4 is 29.9 Å². The third kappa shape index (κ3) is 7.94. The maximum Gasteiger partial charge on any atom is 0.214 e. The van der Waals surface area contributed by atoms with Crippen LogP contribution in [0.5, 0.6) is 0 Å². The van der Waals surface area contributed by atoms with E-state index < -0.39 is 0 Å². The molecule has 1 aromatic carbocycles. The molecule has 3 rings (SSSR count). The minimum absolute atomic E-state index is 0. The highest BCUT2D eigenvalue weighted by Crippen LogP contribution is 2.20. The van der Waals surface area contributed by atoms with Crippen molar-refractivity contribution in [2.45, 2.75) is 38.8 Å². The fraction of sp³-hybridized carbons (Fsp3) is 0.524. The smallest absolute Gasteiger partial charge is 0.214 e. The quantitative estimate of drug-likeness (QED) is 0.231. The van der Waals surface area contributed by atoms with Crippen molar-refractivity contribution in [3.05, 3.63) is 41.9 Å². The zero-order valence-electron chi connectivity index (χ0n) is 17.1. The van der Waals surface area contributed by atoms with Gasteiger partial charge in [-0.1, -0.05) is 29.8 Å². The molecule has 0 radical (unpaired) electrons. The van der Waals surface area contributed by atoms with E-state index in [-0.39, 0.29) is 30.1 Å². The van der Waals surface area contributed by atoms with Crippen LogP contribution in [-0.4, -0.2) is 50.5 Å². The normalized spacial score (nSPS) is 16.5. The molecule has 0 aliphatic carbocycles. The number of benzene rings is 1. The number of hydrogen-bond donors (Lipinski definition) is 2. The van der Waals surface area contributed by atoms with Crippen LogP contribution in [0.1, 0.15) is 30.7 Å². The molecule has 1 aromatic heterocycles. The summed E-state index contributed by atoms with van der Waals surface area (Å²) in [6, 6.07) is 8.20. The number of aliphatic imine (C=N–C) groups is 1. The fourth-order valence-electron chi connectivity index (χ4n) is 2.99. The Morgan fingerprint density at radius 2 is 2.10 bits per heavy atom. The van der Waals surface area contributed by atoms with Crippen molar-refractivity contribution in [2.75, 3.05) is 33.4 Å². The van der Waals surface area contributed by atoms with Gasteiger partial charge in [-0.15, -0.1) is 24.0 Å². The number of ether oxygens (including phenoxy) is 2. The zero-order valence-corrected chi connectivity index (χ0v) is 19.5. The number of hydrogen-bond acceptors (Lipinski definition) is 5. The molecule has 29 heavy (non-hydrogen) atoms. The molecule has 160 valence electrons. The van der Waals surface area contributed by atoms with E-state index in [2.05, 4.69) is 39.7 Å². The van der Waals surface area contributed by atoms with Crippen molar-refractivity contribution in [1.29, 1.82) is 0 Å². The van der Waals surface area contributed by atoms with E-state index in [1.165, 1.54) is 5.56 Å². The Morgan fingerprint density at radius 1 is 1.28 bits per heavy atom. The summed E-state index contributed by atoms with van der Waals surface area (Å²) < 4.78 is 17.0. The number of aryl methyl sites for hydroxylation is 1. The Balaban J connectivity index is 0.00000300. The van der Waals surface area contributed by atoms with Gasteiger partial charge >= 0.3 is 0 Å². The lowest BCUT2D eigenvalue weighted by Gasteiger charge is -2.12. The standard InChI is InChI=1S/C21H30N4O3.HI/c1-16-6-8-17(9-7-16)19-13-24-20(28-19)14-25-21(22-2)23-10-4-11-26-15-18-5-3-12-27-18;/h6-9,13,18H,3-5,10-12,14-15H2,1-2H3,(H2,22,23,25);1H. The monoisotopic (exact) mass is 514 g/mol. The lowest BCUT2D eigenvalue weighted by molar-refractivity contribution is 0.0168. The molecule has 0 bridgehead atoms. The lowest BCUT2D eigenvalue weighted by Crippen LogP contribution is -2.37. The molecule has 2 heterocycles. The van der Waals surface area contributed by atoms with Crippen LogP contribution in [-0.2, 0) is 16.0 Å². The molecule has 1 unspecified atom stereocenters. The third-order valence-corrected chi connectivity index (χ3v) is 4.61. The van der Waals surface area contributed by atoms with Gasteiger partial charge in [-0.2, -0.15) is 0 Å². The Morgan fingerprint density at radius 3 is 2.83 bits per heavy atom. The van der Waals surface area contributed by atoms with E-state index in [4.69, 9.17) is 13.9 Å². The summed E-state index contributed by atoms with van der Waals surface area (Å²) in [5.74, 6) is 2.11. The number of oxazole rings is 1. The molecule has 7 nitrogen and oxygen atoms in total. The molecule has 2 N–H and O–H groups in total. The highest BCUT2D eigenvalue weighted by atomic mass is 127. The molecule has 1 fully saturated rings. The topological polar surface area (TPSA) is 80.9 Å². The second-order valence-corrected chi connectivity index (χ2v) is 6.90. The van der Waals surface area contributed by atoms with Gasteiger partial charge in [-0.25, -0.2) is 4.98 Å². The van der Waals surface area contributed by atoms with Crippen molar-refractivity contribution in [1.82, 2.24) is 15.6 Å². The van der Waals surface area contributed by atoms with Gasteiger partial charge in [0.05, 0.1) is 25.5 Å². The summed E-state index contributed by atoms with van der Waals surface area (Å²) >= 11 is 0. The minimum Gasteiger partial charge on any atom is -0.439 e. The van der Waals surface area contributed by atoms with E-state index in [0.717, 1.165) is 43.7 Å². The summed E-state index contributed by atoms with van der Waals surface area (Å²) in [7, 11) is 1.75. The second-order valence-electron chi connectivity index (χ2n) is 6.90. The molecule has 1 aliphatic heterocycles. The Hall–Kier alpha value is -1.65. The number of rotatable bonds is 9. The molecule has 0 saturated carbocycles. The zero-order chi connectivity index (χ0) is 19.6. The third-order valence-electron chi connectivity index (χ3n) is 4.61. The Kier molecular flexibility index (Phi) is 10.4. The van der Waals surface area contributed by atoms with E-state index in [1.807, 2.05) is 12.1 Å². The maximum absolute atomic E-state index is 5.82. The van der Waals surface area contributed by atoms with E-state index in [0.29, 0.717) is 31.6 Å². The van der Waals surface area contributed by atoms with Crippen LogP contribution in [0.15, 0.2) is 39.9 Å². The highest BCUT2D eigenvalue weighted by Gasteiger charge is 2.14. The number of aromatic nitrogens is 1. The van der Waals surface area contributed by atoms with Crippen LogP contribution in [0.25, 0.3) is 11.3 Å². The van der Waals surface area contributed by atoms with Gasteiger partial charge in [0.15, 0.2) is 11.7 Å². The molecule has 1 saturated heterocycles. The summed E-state index contributed by atoms with van der Waals surface area (Å²) in [5.41, 5.74) is 2.24. The molecular weight excluding hydrogens is 483 g/mol. The van der Waals surface area contributed by atoms with Crippen LogP contribution in [0.4, 0.5) is 0 Å². The van der Waals surface area contributed by atoms with E-state index in [9.17, 15) is 0 Å². The largest absolute Gasteiger partial charge is 0.439 e. The molecule has 1 atom stereocenters. The molecule has 2 aromatic rings. The van der Waals surface area contributed by atoms with Crippen molar-refractivity contribution < 1.29 is 13.9 Å². The first-order valence-electron chi connectivity index (χ1n) is 9.90. The first kappa shape index (κ1) is 23.6. The van der Waals surface area contributed by atoms with Crippen LogP contribution < -0.4 is 10.6 Å². The molecule has 8 heteroatoms. The Labute approximate surface area is 189 Å². The molecular formula is C21H31IN4O3. The average Bonchev–Trinajstić information content (AvgIpc) is 3.39. The summed E-state index contributed by atoms with van der Waals surface area (Å²) in [4.78, 5) is 8.56. The SMILES string of the molecule is CN=C(NCCCOCC1CCCO1)NCc1ncc(-c2ccc(C)cc2)o1.I. The maximum atomic E-state index is 5.82. The molecule has 0 spiro atoms. The fourth-order valence-corrected chi connectivity index (χ4v) is 2.99. The average molecular weight is 514 g/mol. The number of nitrogens with one attached hydrogen (secondary N) is 2. The molecule has 1 aliphatic rings. The predicted molar refractivity (Wildman–Crippen MR) is 125 cm³/mol. The van der Waals surface area contributed by atoms with Crippen molar-refractivity contribution in [2.24, 2.45) is 4.99 Å². The first-order chi connectivity index (χ1) is 13.7. The van der Waals surface area contributed by atoms with Gasteiger partial charge in [-0.05, 0) is 26.2 Å². The summed E-state index contributed by atoms with van der Waals surface area (Å²) in [6.07, 6.45) is 5.20. The van der Waals surface area contributed by atoms with Crippen molar-refractivity contribution in [3.8, 4) is 11.3 Å². The predicted octanol–water partition coefficient (Wildman–Crippen LogP) is 3.52. The summed E-state index contributed by atoms with van der Waals surface area (Å²) in [5, 5.41) is 6.49. The van der Waals surface area contributed by atoms with Crippen LogP contribution in [0.2, 0.25) is 0 Å². The minimum atomic E-state index is 0. The molecule has 0 amide bonds. The van der Waals surface area contributed by atoms with Gasteiger partial charge < -0.3 is 24.5 Å². The number of guanidine groups is 1. The lowest BCUT2D eigenvalue weighted by atomic mass is 10.1.